The highest BCUT2D eigenvalue weighted by atomic mass is 32.2. The van der Waals surface area contributed by atoms with E-state index in [2.05, 4.69) is 30.0 Å². The van der Waals surface area contributed by atoms with Crippen molar-refractivity contribution in [3.05, 3.63) is 28.3 Å². The quantitative estimate of drug-likeness (QED) is 0.784. The van der Waals surface area contributed by atoms with Gasteiger partial charge in [-0.1, -0.05) is 0 Å². The first-order valence-electron chi connectivity index (χ1n) is 10.1. The summed E-state index contributed by atoms with van der Waals surface area (Å²) < 4.78 is 26.9. The molecule has 0 amide bonds. The summed E-state index contributed by atoms with van der Waals surface area (Å²) in [6, 6.07) is 2.43. The van der Waals surface area contributed by atoms with Gasteiger partial charge < -0.3 is 5.32 Å². The van der Waals surface area contributed by atoms with Crippen molar-refractivity contribution in [2.75, 3.05) is 11.9 Å². The van der Waals surface area contributed by atoms with E-state index in [1.54, 1.807) is 25.0 Å². The topological polar surface area (TPSA) is 58.2 Å². The first-order chi connectivity index (χ1) is 12.3. The van der Waals surface area contributed by atoms with Crippen molar-refractivity contribution < 1.29 is 8.42 Å². The van der Waals surface area contributed by atoms with Crippen molar-refractivity contribution in [1.82, 2.24) is 4.72 Å². The maximum absolute atomic E-state index is 12.0. The number of benzene rings is 1. The average molecular weight is 379 g/mol. The number of nitrogens with one attached hydrogen (secondary N) is 2. The number of hydrogen-bond donors (Lipinski definition) is 2. The molecule has 2 aliphatic carbocycles. The van der Waals surface area contributed by atoms with Crippen LogP contribution in [0.15, 0.2) is 6.07 Å². The Hall–Kier alpha value is -1.07. The van der Waals surface area contributed by atoms with Crippen molar-refractivity contribution in [2.45, 2.75) is 83.9 Å². The summed E-state index contributed by atoms with van der Waals surface area (Å²) in [7, 11) is -3.15. The van der Waals surface area contributed by atoms with Crippen LogP contribution in [0.4, 0.5) is 5.69 Å². The molecule has 5 heteroatoms. The molecule has 0 aromatic heterocycles. The highest BCUT2D eigenvalue weighted by Crippen LogP contribution is 2.33. The van der Waals surface area contributed by atoms with Crippen LogP contribution in [0.3, 0.4) is 0 Å². The van der Waals surface area contributed by atoms with Gasteiger partial charge in [0.2, 0.25) is 10.0 Å². The van der Waals surface area contributed by atoms with E-state index in [1.165, 1.54) is 36.1 Å². The standard InChI is InChI=1S/C21H34N2O2S/c1-14(2)26(24,25)23-18-10-8-17(9-11-18)13-22-21-12-15(3)19-6-5-7-20(19)16(21)4/h12,14,17-18,22-23H,5-11,13H2,1-4H3. The number of anilines is 1. The molecule has 1 saturated carbocycles. The van der Waals surface area contributed by atoms with Crippen LogP contribution in [-0.2, 0) is 22.9 Å². The fourth-order valence-corrected chi connectivity index (χ4v) is 5.43. The first-order valence-corrected chi connectivity index (χ1v) is 11.7. The lowest BCUT2D eigenvalue weighted by molar-refractivity contribution is 0.323. The van der Waals surface area contributed by atoms with E-state index in [0.29, 0.717) is 5.92 Å². The van der Waals surface area contributed by atoms with Crippen LogP contribution in [0.1, 0.15) is 68.2 Å². The predicted molar refractivity (Wildman–Crippen MR) is 109 cm³/mol. The van der Waals surface area contributed by atoms with Gasteiger partial charge in [0.15, 0.2) is 0 Å². The smallest absolute Gasteiger partial charge is 0.214 e. The molecule has 1 fully saturated rings. The Bertz CT molecular complexity index is 748. The largest absolute Gasteiger partial charge is 0.385 e. The molecule has 2 N–H and O–H groups in total. The molecule has 0 radical (unpaired) electrons. The number of hydrogen-bond acceptors (Lipinski definition) is 3. The molecular formula is C21H34N2O2S. The van der Waals surface area contributed by atoms with Gasteiger partial charge in [-0.05, 0) is 107 Å². The van der Waals surface area contributed by atoms with Crippen LogP contribution in [0.2, 0.25) is 0 Å². The van der Waals surface area contributed by atoms with Gasteiger partial charge in [0.1, 0.15) is 0 Å². The van der Waals surface area contributed by atoms with Gasteiger partial charge in [-0.3, -0.25) is 0 Å². The summed E-state index contributed by atoms with van der Waals surface area (Å²) in [5.41, 5.74) is 7.30. The van der Waals surface area contributed by atoms with Gasteiger partial charge in [-0.2, -0.15) is 0 Å². The third-order valence-corrected chi connectivity index (χ3v) is 8.19. The second-order valence-corrected chi connectivity index (χ2v) is 10.8. The lowest BCUT2D eigenvalue weighted by Crippen LogP contribution is -2.41. The number of rotatable bonds is 6. The number of sulfonamides is 1. The minimum Gasteiger partial charge on any atom is -0.385 e. The van der Waals surface area contributed by atoms with Crippen LogP contribution in [0.25, 0.3) is 0 Å². The summed E-state index contributed by atoms with van der Waals surface area (Å²) in [5.74, 6) is 0.628. The molecule has 0 spiro atoms. The second kappa shape index (κ2) is 7.89. The monoisotopic (exact) mass is 378 g/mol. The molecule has 0 unspecified atom stereocenters. The Morgan fingerprint density at radius 1 is 1.08 bits per heavy atom. The van der Waals surface area contributed by atoms with Gasteiger partial charge in [0.25, 0.3) is 0 Å². The molecule has 1 aromatic rings. The number of aryl methyl sites for hydroxylation is 1. The van der Waals surface area contributed by atoms with E-state index in [0.717, 1.165) is 32.2 Å². The normalized spacial score (nSPS) is 23.3. The lowest BCUT2D eigenvalue weighted by Gasteiger charge is -2.30. The fourth-order valence-electron chi connectivity index (χ4n) is 4.46. The van der Waals surface area contributed by atoms with E-state index in [1.807, 2.05) is 0 Å². The molecule has 26 heavy (non-hydrogen) atoms. The van der Waals surface area contributed by atoms with Crippen LogP contribution in [-0.4, -0.2) is 26.3 Å². The van der Waals surface area contributed by atoms with Gasteiger partial charge in [-0.15, -0.1) is 0 Å². The lowest BCUT2D eigenvalue weighted by atomic mass is 9.86. The molecule has 0 atom stereocenters. The zero-order valence-electron chi connectivity index (χ0n) is 16.7. The molecule has 3 rings (SSSR count). The van der Waals surface area contributed by atoms with E-state index >= 15 is 0 Å². The molecule has 4 nitrogen and oxygen atoms in total. The summed E-state index contributed by atoms with van der Waals surface area (Å²) in [5, 5.41) is 3.34. The first kappa shape index (κ1) is 19.7. The van der Waals surface area contributed by atoms with Crippen molar-refractivity contribution >= 4 is 15.7 Å². The Morgan fingerprint density at radius 3 is 2.38 bits per heavy atom. The minimum absolute atomic E-state index is 0.114. The fraction of sp³-hybridized carbons (Fsp3) is 0.714. The Balaban J connectivity index is 1.53. The van der Waals surface area contributed by atoms with Gasteiger partial charge in [-0.25, -0.2) is 13.1 Å². The van der Waals surface area contributed by atoms with E-state index < -0.39 is 10.0 Å². The van der Waals surface area contributed by atoms with Crippen LogP contribution >= 0.6 is 0 Å². The summed E-state index contributed by atoms with van der Waals surface area (Å²) in [6.45, 7) is 8.95. The maximum atomic E-state index is 12.0. The van der Waals surface area contributed by atoms with E-state index in [9.17, 15) is 8.42 Å². The summed E-state index contributed by atoms with van der Waals surface area (Å²) in [4.78, 5) is 0. The second-order valence-electron chi connectivity index (χ2n) is 8.49. The van der Waals surface area contributed by atoms with Crippen LogP contribution < -0.4 is 10.0 Å². The summed E-state index contributed by atoms with van der Waals surface area (Å²) >= 11 is 0. The Kier molecular flexibility index (Phi) is 5.97. The van der Waals surface area contributed by atoms with Crippen molar-refractivity contribution in [3.63, 3.8) is 0 Å². The molecular weight excluding hydrogens is 344 g/mol. The number of fused-ring (bicyclic) bond motifs is 1. The van der Waals surface area contributed by atoms with Crippen molar-refractivity contribution in [1.29, 1.82) is 0 Å². The Morgan fingerprint density at radius 2 is 1.73 bits per heavy atom. The summed E-state index contributed by atoms with van der Waals surface area (Å²) in [6.07, 6.45) is 7.80. The average Bonchev–Trinajstić information content (AvgIpc) is 3.08. The Labute approximate surface area is 159 Å². The zero-order valence-corrected chi connectivity index (χ0v) is 17.5. The van der Waals surface area contributed by atoms with Crippen LogP contribution in [0, 0.1) is 19.8 Å². The zero-order chi connectivity index (χ0) is 18.9. The molecule has 0 saturated heterocycles. The minimum atomic E-state index is -3.15. The van der Waals surface area contributed by atoms with Gasteiger partial charge in [0.05, 0.1) is 5.25 Å². The predicted octanol–water partition coefficient (Wildman–Crippen LogP) is 4.09. The van der Waals surface area contributed by atoms with Crippen LogP contribution in [0.5, 0.6) is 0 Å². The molecule has 146 valence electrons. The van der Waals surface area contributed by atoms with Crippen molar-refractivity contribution in [2.24, 2.45) is 5.92 Å². The molecule has 0 bridgehead atoms. The molecule has 0 heterocycles. The van der Waals surface area contributed by atoms with Gasteiger partial charge >= 0.3 is 0 Å². The third-order valence-electron chi connectivity index (χ3n) is 6.29. The highest BCUT2D eigenvalue weighted by molar-refractivity contribution is 7.90. The van der Waals surface area contributed by atoms with Gasteiger partial charge in [0, 0.05) is 18.3 Å². The maximum Gasteiger partial charge on any atom is 0.214 e. The third kappa shape index (κ3) is 4.25. The highest BCUT2D eigenvalue weighted by Gasteiger charge is 2.26. The molecule has 2 aliphatic rings. The SMILES string of the molecule is Cc1cc(NCC2CCC(NS(=O)(=O)C(C)C)CC2)c(C)c2c1CCC2. The molecule has 0 aliphatic heterocycles. The van der Waals surface area contributed by atoms with E-state index in [4.69, 9.17) is 0 Å². The van der Waals surface area contributed by atoms with Crippen molar-refractivity contribution in [3.8, 4) is 0 Å². The molecule has 1 aromatic carbocycles. The van der Waals surface area contributed by atoms with E-state index in [-0.39, 0.29) is 11.3 Å².